The van der Waals surface area contributed by atoms with E-state index in [1.165, 1.54) is 29.5 Å². The number of nitrogens with two attached hydrogens (primary N) is 1. The Labute approximate surface area is 112 Å². The molecule has 1 aromatic heterocycles. The van der Waals surface area contributed by atoms with E-state index in [0.717, 1.165) is 0 Å². The van der Waals surface area contributed by atoms with Crippen LogP contribution in [0.5, 0.6) is 11.5 Å². The first kappa shape index (κ1) is 13.0. The zero-order chi connectivity index (χ0) is 14.0. The van der Waals surface area contributed by atoms with E-state index in [1.807, 2.05) is 0 Å². The highest BCUT2D eigenvalue weighted by molar-refractivity contribution is 7.10. The number of ketones is 1. The van der Waals surface area contributed by atoms with Crippen LogP contribution >= 0.6 is 11.3 Å². The zero-order valence-electron chi connectivity index (χ0n) is 9.66. The summed E-state index contributed by atoms with van der Waals surface area (Å²) in [4.78, 5) is 26.0. The van der Waals surface area contributed by atoms with Crippen LogP contribution in [0.3, 0.4) is 0 Å². The molecule has 98 valence electrons. The molecule has 0 aliphatic heterocycles. The fourth-order valence-electron chi connectivity index (χ4n) is 1.48. The SMILES string of the molecule is NC(=O)C(=O)Cc1nc(-c2ccc(O)cc2O)cs1. The molecule has 0 spiro atoms. The van der Waals surface area contributed by atoms with E-state index in [1.54, 1.807) is 5.38 Å². The number of aromatic hydroxyl groups is 2. The van der Waals surface area contributed by atoms with Crippen LogP contribution in [0.4, 0.5) is 0 Å². The fraction of sp³-hybridized carbons (Fsp3) is 0.0833. The van der Waals surface area contributed by atoms with Gasteiger partial charge in [-0.05, 0) is 12.1 Å². The second-order valence-electron chi connectivity index (χ2n) is 3.79. The number of carbonyl (C=O) groups is 2. The number of thiazole rings is 1. The number of rotatable bonds is 4. The zero-order valence-corrected chi connectivity index (χ0v) is 10.5. The maximum Gasteiger partial charge on any atom is 0.285 e. The molecular weight excluding hydrogens is 268 g/mol. The Kier molecular flexibility index (Phi) is 3.48. The van der Waals surface area contributed by atoms with Crippen molar-refractivity contribution in [2.24, 2.45) is 5.73 Å². The van der Waals surface area contributed by atoms with Crippen LogP contribution in [-0.2, 0) is 16.0 Å². The quantitative estimate of drug-likeness (QED) is 0.716. The van der Waals surface area contributed by atoms with Gasteiger partial charge in [-0.25, -0.2) is 4.98 Å². The molecular formula is C12H10N2O4S. The second-order valence-corrected chi connectivity index (χ2v) is 4.73. The molecule has 19 heavy (non-hydrogen) atoms. The minimum absolute atomic E-state index is 0.0550. The van der Waals surface area contributed by atoms with Crippen LogP contribution < -0.4 is 5.73 Å². The molecule has 0 fully saturated rings. The largest absolute Gasteiger partial charge is 0.508 e. The van der Waals surface area contributed by atoms with Crippen molar-refractivity contribution >= 4 is 23.0 Å². The van der Waals surface area contributed by atoms with Gasteiger partial charge in [0.2, 0.25) is 5.78 Å². The average molecular weight is 278 g/mol. The molecule has 2 aromatic rings. The van der Waals surface area contributed by atoms with Crippen LogP contribution in [0.1, 0.15) is 5.01 Å². The minimum atomic E-state index is -0.996. The molecule has 0 aliphatic carbocycles. The van der Waals surface area contributed by atoms with Crippen LogP contribution in [0.25, 0.3) is 11.3 Å². The summed E-state index contributed by atoms with van der Waals surface area (Å²) in [6.45, 7) is 0. The standard InChI is InChI=1S/C12H10N2O4S/c13-12(18)10(17)4-11-14-8(5-19-11)7-2-1-6(15)3-9(7)16/h1-3,5,15-16H,4H2,(H2,13,18). The van der Waals surface area contributed by atoms with Gasteiger partial charge in [0.1, 0.15) is 16.5 Å². The van der Waals surface area contributed by atoms with Gasteiger partial charge in [-0.3, -0.25) is 9.59 Å². The number of amides is 1. The van der Waals surface area contributed by atoms with Crippen molar-refractivity contribution in [3.63, 3.8) is 0 Å². The van der Waals surface area contributed by atoms with Crippen molar-refractivity contribution < 1.29 is 19.8 Å². The Bertz CT molecular complexity index is 651. The van der Waals surface area contributed by atoms with Crippen molar-refractivity contribution in [1.82, 2.24) is 4.98 Å². The van der Waals surface area contributed by atoms with Gasteiger partial charge in [-0.1, -0.05) is 0 Å². The molecule has 0 atom stereocenters. The average Bonchev–Trinajstić information content (AvgIpc) is 2.77. The molecule has 1 aromatic carbocycles. The molecule has 0 bridgehead atoms. The highest BCUT2D eigenvalue weighted by atomic mass is 32.1. The summed E-state index contributed by atoms with van der Waals surface area (Å²) >= 11 is 1.19. The number of phenols is 2. The third kappa shape index (κ3) is 2.89. The molecule has 2 rings (SSSR count). The summed E-state index contributed by atoms with van der Waals surface area (Å²) in [6, 6.07) is 4.13. The number of benzene rings is 1. The second kappa shape index (κ2) is 5.07. The summed E-state index contributed by atoms with van der Waals surface area (Å²) in [5.41, 5.74) is 5.77. The van der Waals surface area contributed by atoms with Gasteiger partial charge < -0.3 is 15.9 Å². The molecule has 0 saturated carbocycles. The fourth-order valence-corrected chi connectivity index (χ4v) is 2.27. The van der Waals surface area contributed by atoms with Gasteiger partial charge in [-0.15, -0.1) is 11.3 Å². The highest BCUT2D eigenvalue weighted by Crippen LogP contribution is 2.32. The van der Waals surface area contributed by atoms with E-state index in [2.05, 4.69) is 4.98 Å². The molecule has 1 heterocycles. The monoisotopic (exact) mass is 278 g/mol. The molecule has 6 nitrogen and oxygen atoms in total. The first-order chi connectivity index (χ1) is 8.97. The number of nitrogens with zero attached hydrogens (tertiary/aromatic N) is 1. The van der Waals surface area contributed by atoms with Gasteiger partial charge in [0, 0.05) is 17.0 Å². The van der Waals surface area contributed by atoms with Crippen LogP contribution in [0, 0.1) is 0 Å². The van der Waals surface area contributed by atoms with Crippen molar-refractivity contribution in [2.45, 2.75) is 6.42 Å². The first-order valence-corrected chi connectivity index (χ1v) is 6.14. The van der Waals surface area contributed by atoms with Gasteiger partial charge in [0.05, 0.1) is 12.1 Å². The van der Waals surface area contributed by atoms with Gasteiger partial charge in [0.15, 0.2) is 0 Å². The van der Waals surface area contributed by atoms with Crippen molar-refractivity contribution in [3.05, 3.63) is 28.6 Å². The number of phenolic OH excluding ortho intramolecular Hbond substituents is 2. The van der Waals surface area contributed by atoms with E-state index in [0.29, 0.717) is 16.3 Å². The predicted octanol–water partition coefficient (Wildman–Crippen LogP) is 0.818. The van der Waals surface area contributed by atoms with E-state index in [4.69, 9.17) is 5.73 Å². The van der Waals surface area contributed by atoms with E-state index in [-0.39, 0.29) is 17.9 Å². The Morgan fingerprint density at radius 2 is 2.05 bits per heavy atom. The van der Waals surface area contributed by atoms with E-state index >= 15 is 0 Å². The lowest BCUT2D eigenvalue weighted by Gasteiger charge is -2.01. The van der Waals surface area contributed by atoms with Crippen molar-refractivity contribution in [1.29, 1.82) is 0 Å². The Hall–Kier alpha value is -2.41. The lowest BCUT2D eigenvalue weighted by Crippen LogP contribution is -2.24. The Morgan fingerprint density at radius 3 is 2.68 bits per heavy atom. The maximum atomic E-state index is 11.2. The van der Waals surface area contributed by atoms with Crippen LogP contribution in [0.2, 0.25) is 0 Å². The Balaban J connectivity index is 2.26. The maximum absolute atomic E-state index is 11.2. The summed E-state index contributed by atoms with van der Waals surface area (Å²) in [7, 11) is 0. The minimum Gasteiger partial charge on any atom is -0.508 e. The number of aromatic nitrogens is 1. The van der Waals surface area contributed by atoms with E-state index in [9.17, 15) is 19.8 Å². The molecule has 7 heteroatoms. The summed E-state index contributed by atoms with van der Waals surface area (Å²) in [5, 5.41) is 21.0. The summed E-state index contributed by atoms with van der Waals surface area (Å²) in [6.07, 6.45) is -0.154. The predicted molar refractivity (Wildman–Crippen MR) is 68.8 cm³/mol. The number of Topliss-reactive ketones (excluding diaryl/α,β-unsaturated/α-hetero) is 1. The number of carbonyl (C=O) groups excluding carboxylic acids is 2. The summed E-state index contributed by atoms with van der Waals surface area (Å²) < 4.78 is 0. The molecule has 4 N–H and O–H groups in total. The molecule has 0 radical (unpaired) electrons. The lowest BCUT2D eigenvalue weighted by molar-refractivity contribution is -0.135. The Morgan fingerprint density at radius 1 is 1.32 bits per heavy atom. The lowest BCUT2D eigenvalue weighted by atomic mass is 10.1. The van der Waals surface area contributed by atoms with E-state index < -0.39 is 11.7 Å². The number of primary amides is 1. The third-order valence-corrected chi connectivity index (χ3v) is 3.24. The van der Waals surface area contributed by atoms with Crippen molar-refractivity contribution in [3.8, 4) is 22.8 Å². The van der Waals surface area contributed by atoms with Gasteiger partial charge in [0.25, 0.3) is 5.91 Å². The summed E-state index contributed by atoms with van der Waals surface area (Å²) in [5.74, 6) is -1.88. The van der Waals surface area contributed by atoms with Crippen LogP contribution in [0.15, 0.2) is 23.6 Å². The van der Waals surface area contributed by atoms with Gasteiger partial charge >= 0.3 is 0 Å². The van der Waals surface area contributed by atoms with Gasteiger partial charge in [-0.2, -0.15) is 0 Å². The smallest absolute Gasteiger partial charge is 0.285 e. The molecule has 0 saturated heterocycles. The van der Waals surface area contributed by atoms with Crippen molar-refractivity contribution in [2.75, 3.05) is 0 Å². The number of hydrogen-bond acceptors (Lipinski definition) is 6. The molecule has 0 aliphatic rings. The normalized spacial score (nSPS) is 10.3. The van der Waals surface area contributed by atoms with Crippen LogP contribution in [-0.4, -0.2) is 26.9 Å². The highest BCUT2D eigenvalue weighted by Gasteiger charge is 2.14. The number of hydrogen-bond donors (Lipinski definition) is 3. The topological polar surface area (TPSA) is 114 Å². The molecule has 1 amide bonds. The molecule has 0 unspecified atom stereocenters. The third-order valence-electron chi connectivity index (χ3n) is 2.40. The first-order valence-electron chi connectivity index (χ1n) is 5.26.